The standard InChI is InChI=1S/C32H42N6O7/c1-32(2,3)26(37-28(40)25(21-12-8-5-9-13-21)36-27(39)23-16-33-14-15-34-23)29(41)35-24-18-38(17-22(24)30(42)43)31(44)45-19-20-10-6-4-7-11-20/h4,6-7,10-11,14-16,21-22,24-26H,5,8-9,12-13,17-19H2,1-3H3,(H,35,41)(H,36,39)(H,37,40)(H,42,43)/t22?,24?,25-,26?/m0/s1. The lowest BCUT2D eigenvalue weighted by Crippen LogP contribution is -2.61. The summed E-state index contributed by atoms with van der Waals surface area (Å²) >= 11 is 0. The molecular weight excluding hydrogens is 580 g/mol. The molecule has 1 aliphatic heterocycles. The lowest BCUT2D eigenvalue weighted by molar-refractivity contribution is -0.142. The quantitative estimate of drug-likeness (QED) is 0.310. The first-order valence-electron chi connectivity index (χ1n) is 15.3. The molecule has 2 aromatic rings. The summed E-state index contributed by atoms with van der Waals surface area (Å²) in [6.07, 6.45) is 7.83. The van der Waals surface area contributed by atoms with E-state index in [0.29, 0.717) is 0 Å². The highest BCUT2D eigenvalue weighted by Crippen LogP contribution is 2.28. The minimum atomic E-state index is -1.17. The molecule has 2 fully saturated rings. The maximum absolute atomic E-state index is 13.8. The normalized spacial score (nSPS) is 20.0. The number of carboxylic acid groups (broad SMARTS) is 1. The molecule has 13 nitrogen and oxygen atoms in total. The Morgan fingerprint density at radius 2 is 1.69 bits per heavy atom. The van der Waals surface area contributed by atoms with Crippen molar-refractivity contribution in [2.45, 2.75) is 77.6 Å². The summed E-state index contributed by atoms with van der Waals surface area (Å²) < 4.78 is 5.38. The average molecular weight is 623 g/mol. The molecule has 1 saturated carbocycles. The summed E-state index contributed by atoms with van der Waals surface area (Å²) in [7, 11) is 0. The van der Waals surface area contributed by atoms with Crippen LogP contribution in [0, 0.1) is 17.3 Å². The van der Waals surface area contributed by atoms with Crippen LogP contribution in [0.3, 0.4) is 0 Å². The van der Waals surface area contributed by atoms with Crippen LogP contribution in [0.4, 0.5) is 4.79 Å². The zero-order valence-electron chi connectivity index (χ0n) is 25.9. The number of carbonyl (C=O) groups is 5. The van der Waals surface area contributed by atoms with Crippen molar-refractivity contribution in [1.29, 1.82) is 0 Å². The van der Waals surface area contributed by atoms with Gasteiger partial charge in [0.1, 0.15) is 24.4 Å². The van der Waals surface area contributed by atoms with E-state index in [1.807, 2.05) is 18.2 Å². The molecule has 242 valence electrons. The molecule has 13 heteroatoms. The fraction of sp³-hybridized carbons (Fsp3) is 0.531. The summed E-state index contributed by atoms with van der Waals surface area (Å²) in [5, 5.41) is 18.3. The number of nitrogens with zero attached hydrogens (tertiary/aromatic N) is 3. The highest BCUT2D eigenvalue weighted by molar-refractivity contribution is 5.97. The molecule has 1 aliphatic carbocycles. The number of aliphatic carboxylic acids is 1. The van der Waals surface area contributed by atoms with Gasteiger partial charge in [-0.3, -0.25) is 24.2 Å². The molecule has 4 rings (SSSR count). The first kappa shape index (κ1) is 33.3. The molecule has 45 heavy (non-hydrogen) atoms. The third kappa shape index (κ3) is 8.99. The van der Waals surface area contributed by atoms with Crippen molar-refractivity contribution in [2.75, 3.05) is 13.1 Å². The van der Waals surface area contributed by atoms with Gasteiger partial charge in [0, 0.05) is 25.5 Å². The average Bonchev–Trinajstić information content (AvgIpc) is 3.46. The minimum Gasteiger partial charge on any atom is -0.481 e. The molecule has 1 aromatic heterocycles. The maximum Gasteiger partial charge on any atom is 0.410 e. The molecule has 1 aromatic carbocycles. The Balaban J connectivity index is 1.45. The molecule has 1 saturated heterocycles. The van der Waals surface area contributed by atoms with Gasteiger partial charge in [-0.05, 0) is 29.7 Å². The van der Waals surface area contributed by atoms with E-state index < -0.39 is 59.2 Å². The number of aromatic nitrogens is 2. The van der Waals surface area contributed by atoms with Gasteiger partial charge in [-0.2, -0.15) is 0 Å². The Hall–Kier alpha value is -4.55. The van der Waals surface area contributed by atoms with Crippen molar-refractivity contribution in [3.8, 4) is 0 Å². The van der Waals surface area contributed by atoms with Crippen LogP contribution in [0.1, 0.15) is 68.9 Å². The van der Waals surface area contributed by atoms with Crippen LogP contribution in [0.15, 0.2) is 48.9 Å². The number of carboxylic acids is 1. The van der Waals surface area contributed by atoms with Crippen molar-refractivity contribution in [1.82, 2.24) is 30.8 Å². The van der Waals surface area contributed by atoms with Gasteiger partial charge in [0.15, 0.2) is 0 Å². The second kappa shape index (κ2) is 15.0. The first-order valence-corrected chi connectivity index (χ1v) is 15.3. The molecule has 4 atom stereocenters. The predicted molar refractivity (Wildman–Crippen MR) is 163 cm³/mol. The van der Waals surface area contributed by atoms with Gasteiger partial charge in [0.05, 0.1) is 18.2 Å². The van der Waals surface area contributed by atoms with Crippen LogP contribution in [0.25, 0.3) is 0 Å². The van der Waals surface area contributed by atoms with E-state index in [1.54, 1.807) is 32.9 Å². The van der Waals surface area contributed by atoms with Crippen LogP contribution >= 0.6 is 0 Å². The molecule has 0 bridgehead atoms. The number of carbonyl (C=O) groups excluding carboxylic acids is 4. The number of hydrogen-bond donors (Lipinski definition) is 4. The zero-order chi connectivity index (χ0) is 32.6. The number of amides is 4. The van der Waals surface area contributed by atoms with E-state index in [1.165, 1.54) is 23.5 Å². The summed E-state index contributed by atoms with van der Waals surface area (Å²) in [6.45, 7) is 5.16. The molecular formula is C32H42N6O7. The van der Waals surface area contributed by atoms with Crippen LogP contribution < -0.4 is 16.0 Å². The molecule has 0 spiro atoms. The van der Waals surface area contributed by atoms with Gasteiger partial charge in [0.2, 0.25) is 11.8 Å². The fourth-order valence-corrected chi connectivity index (χ4v) is 5.83. The highest BCUT2D eigenvalue weighted by atomic mass is 16.6. The van der Waals surface area contributed by atoms with Crippen molar-refractivity contribution < 1.29 is 33.8 Å². The summed E-state index contributed by atoms with van der Waals surface area (Å²) in [5.41, 5.74) is 0.0779. The van der Waals surface area contributed by atoms with Gasteiger partial charge < -0.3 is 30.7 Å². The lowest BCUT2D eigenvalue weighted by atomic mass is 9.82. The Bertz CT molecular complexity index is 1340. The molecule has 3 unspecified atom stereocenters. The summed E-state index contributed by atoms with van der Waals surface area (Å²) in [6, 6.07) is 6.20. The maximum atomic E-state index is 13.8. The predicted octanol–water partition coefficient (Wildman–Crippen LogP) is 2.52. The summed E-state index contributed by atoms with van der Waals surface area (Å²) in [4.78, 5) is 74.6. The van der Waals surface area contributed by atoms with Crippen molar-refractivity contribution in [2.24, 2.45) is 17.3 Å². The Kier molecular flexibility index (Phi) is 11.1. The van der Waals surface area contributed by atoms with E-state index in [-0.39, 0.29) is 31.3 Å². The number of benzene rings is 1. The van der Waals surface area contributed by atoms with E-state index >= 15 is 0 Å². The van der Waals surface area contributed by atoms with E-state index in [4.69, 9.17) is 4.74 Å². The van der Waals surface area contributed by atoms with E-state index in [2.05, 4.69) is 25.9 Å². The SMILES string of the molecule is CC(C)(C)C(NC(=O)[C@@H](NC(=O)c1cnccn1)C1CCCCC1)C(=O)NC1CN(C(=O)OCc2ccccc2)CC1C(=O)O. The number of ether oxygens (including phenoxy) is 1. The molecule has 0 radical (unpaired) electrons. The van der Waals surface area contributed by atoms with E-state index in [0.717, 1.165) is 37.7 Å². The van der Waals surface area contributed by atoms with E-state index in [9.17, 15) is 29.1 Å². The lowest BCUT2D eigenvalue weighted by Gasteiger charge is -2.35. The van der Waals surface area contributed by atoms with Crippen LogP contribution in [0.5, 0.6) is 0 Å². The van der Waals surface area contributed by atoms with Crippen molar-refractivity contribution in [3.63, 3.8) is 0 Å². The first-order chi connectivity index (χ1) is 21.4. The van der Waals surface area contributed by atoms with Crippen molar-refractivity contribution in [3.05, 3.63) is 60.2 Å². The monoisotopic (exact) mass is 622 g/mol. The Labute approximate surface area is 262 Å². The number of hydrogen-bond acceptors (Lipinski definition) is 8. The van der Waals surface area contributed by atoms with Gasteiger partial charge in [-0.1, -0.05) is 70.4 Å². The fourth-order valence-electron chi connectivity index (χ4n) is 5.83. The second-order valence-corrected chi connectivity index (χ2v) is 12.8. The molecule has 2 aliphatic rings. The third-order valence-electron chi connectivity index (χ3n) is 8.33. The molecule has 4 N–H and O–H groups in total. The van der Waals surface area contributed by atoms with Crippen molar-refractivity contribution >= 4 is 29.8 Å². The van der Waals surface area contributed by atoms with Crippen LogP contribution in [-0.4, -0.2) is 81.0 Å². The van der Waals surface area contributed by atoms with Gasteiger partial charge >= 0.3 is 12.1 Å². The smallest absolute Gasteiger partial charge is 0.410 e. The largest absolute Gasteiger partial charge is 0.481 e. The van der Waals surface area contributed by atoms with Crippen LogP contribution in [-0.2, 0) is 25.7 Å². The van der Waals surface area contributed by atoms with Gasteiger partial charge in [0.25, 0.3) is 5.91 Å². The second-order valence-electron chi connectivity index (χ2n) is 12.8. The molecule has 2 heterocycles. The highest BCUT2D eigenvalue weighted by Gasteiger charge is 2.44. The Morgan fingerprint density at radius 1 is 0.978 bits per heavy atom. The third-order valence-corrected chi connectivity index (χ3v) is 8.33. The minimum absolute atomic E-state index is 0.0264. The Morgan fingerprint density at radius 3 is 2.31 bits per heavy atom. The number of rotatable bonds is 10. The summed E-state index contributed by atoms with van der Waals surface area (Å²) in [5.74, 6) is -4.02. The molecule has 4 amide bonds. The van der Waals surface area contributed by atoms with Crippen LogP contribution in [0.2, 0.25) is 0 Å². The van der Waals surface area contributed by atoms with Gasteiger partial charge in [-0.15, -0.1) is 0 Å². The number of nitrogens with one attached hydrogen (secondary N) is 3. The number of likely N-dealkylation sites (tertiary alicyclic amines) is 1. The zero-order valence-corrected chi connectivity index (χ0v) is 25.9. The topological polar surface area (TPSA) is 180 Å². The van der Waals surface area contributed by atoms with Gasteiger partial charge in [-0.25, -0.2) is 9.78 Å².